The Morgan fingerprint density at radius 2 is 1.90 bits per heavy atom. The number of hydrogen-bond donors (Lipinski definition) is 2. The van der Waals surface area contributed by atoms with Gasteiger partial charge in [0.15, 0.2) is 0 Å². The fourth-order valence-electron chi connectivity index (χ4n) is 2.15. The fourth-order valence-corrected chi connectivity index (χ4v) is 2.15. The van der Waals surface area contributed by atoms with Crippen LogP contribution >= 0.6 is 0 Å². The second-order valence-electron chi connectivity index (χ2n) is 5.32. The van der Waals surface area contributed by atoms with Crippen molar-refractivity contribution < 1.29 is 24.5 Å². The molecule has 0 aliphatic carbocycles. The third-order valence-electron chi connectivity index (χ3n) is 3.82. The van der Waals surface area contributed by atoms with E-state index in [0.29, 0.717) is 12.8 Å². The molecular formula is C16H24O5. The Kier molecular flexibility index (Phi) is 6.65. The predicted molar refractivity (Wildman–Crippen MR) is 79.1 cm³/mol. The third-order valence-corrected chi connectivity index (χ3v) is 3.82. The second kappa shape index (κ2) is 8.00. The summed E-state index contributed by atoms with van der Waals surface area (Å²) in [5.74, 6) is 0.208. The monoisotopic (exact) mass is 296 g/mol. The van der Waals surface area contributed by atoms with E-state index in [9.17, 15) is 15.0 Å². The van der Waals surface area contributed by atoms with Gasteiger partial charge in [0.2, 0.25) is 0 Å². The van der Waals surface area contributed by atoms with E-state index < -0.39 is 24.1 Å². The lowest BCUT2D eigenvalue weighted by atomic mass is 9.82. The first-order valence-electron chi connectivity index (χ1n) is 6.98. The van der Waals surface area contributed by atoms with Crippen molar-refractivity contribution >= 4 is 5.97 Å². The van der Waals surface area contributed by atoms with Crippen LogP contribution in [0.5, 0.6) is 5.75 Å². The van der Waals surface area contributed by atoms with E-state index in [2.05, 4.69) is 4.74 Å². The van der Waals surface area contributed by atoms with Gasteiger partial charge in [-0.25, -0.2) is 0 Å². The smallest absolute Gasteiger partial charge is 0.316 e. The van der Waals surface area contributed by atoms with Crippen molar-refractivity contribution in [1.82, 2.24) is 0 Å². The molecule has 1 rings (SSSR count). The molecule has 0 heterocycles. The van der Waals surface area contributed by atoms with E-state index in [4.69, 9.17) is 4.74 Å². The summed E-state index contributed by atoms with van der Waals surface area (Å²) >= 11 is 0. The molecule has 2 unspecified atom stereocenters. The number of carbonyl (C=O) groups excluding carboxylic acids is 1. The lowest BCUT2D eigenvalue weighted by Crippen LogP contribution is -2.43. The molecule has 0 bridgehead atoms. The molecule has 0 saturated heterocycles. The normalized spacial score (nSPS) is 15.1. The number of methoxy groups -OCH3 is 2. The van der Waals surface area contributed by atoms with Gasteiger partial charge in [0, 0.05) is 0 Å². The molecule has 0 aliphatic heterocycles. The van der Waals surface area contributed by atoms with Crippen LogP contribution < -0.4 is 4.74 Å². The van der Waals surface area contributed by atoms with Crippen LogP contribution in [0.2, 0.25) is 0 Å². The number of ether oxygens (including phenoxy) is 2. The first-order chi connectivity index (χ1) is 9.97. The molecule has 0 aromatic heterocycles. The average Bonchev–Trinajstić information content (AvgIpc) is 2.53. The summed E-state index contributed by atoms with van der Waals surface area (Å²) in [6, 6.07) is 7.71. The van der Waals surface area contributed by atoms with Crippen LogP contribution in [-0.2, 0) is 16.0 Å². The van der Waals surface area contributed by atoms with Crippen LogP contribution in [0, 0.1) is 5.41 Å². The Labute approximate surface area is 125 Å². The van der Waals surface area contributed by atoms with Gasteiger partial charge in [-0.05, 0) is 43.9 Å². The number of aliphatic hydroxyl groups excluding tert-OH is 2. The maximum Gasteiger partial charge on any atom is 0.316 e. The summed E-state index contributed by atoms with van der Waals surface area (Å²) in [5.41, 5.74) is -0.138. The number of aryl methyl sites for hydroxylation is 1. The largest absolute Gasteiger partial charge is 0.497 e. The van der Waals surface area contributed by atoms with Gasteiger partial charge < -0.3 is 19.7 Å². The van der Waals surface area contributed by atoms with Crippen molar-refractivity contribution in [2.24, 2.45) is 5.41 Å². The van der Waals surface area contributed by atoms with Gasteiger partial charge in [-0.1, -0.05) is 12.1 Å². The van der Waals surface area contributed by atoms with E-state index in [1.165, 1.54) is 14.0 Å². The number of carbonyl (C=O) groups is 1. The van der Waals surface area contributed by atoms with Gasteiger partial charge in [-0.3, -0.25) is 4.79 Å². The van der Waals surface area contributed by atoms with E-state index in [1.54, 1.807) is 7.11 Å². The topological polar surface area (TPSA) is 76.0 Å². The molecule has 0 amide bonds. The summed E-state index contributed by atoms with van der Waals surface area (Å²) in [4.78, 5) is 11.7. The van der Waals surface area contributed by atoms with Crippen molar-refractivity contribution in [1.29, 1.82) is 0 Å². The zero-order chi connectivity index (χ0) is 15.9. The van der Waals surface area contributed by atoms with Crippen LogP contribution in [0.1, 0.15) is 25.3 Å². The molecule has 2 atom stereocenters. The van der Waals surface area contributed by atoms with Crippen molar-refractivity contribution in [2.75, 3.05) is 20.8 Å². The fraction of sp³-hybridized carbons (Fsp3) is 0.562. The number of rotatable bonds is 8. The van der Waals surface area contributed by atoms with Crippen molar-refractivity contribution in [2.45, 2.75) is 32.3 Å². The van der Waals surface area contributed by atoms with Crippen molar-refractivity contribution in [3.8, 4) is 5.75 Å². The minimum atomic E-state index is -1.27. The van der Waals surface area contributed by atoms with Crippen LogP contribution in [0.3, 0.4) is 0 Å². The molecule has 1 aromatic rings. The molecule has 118 valence electrons. The highest BCUT2D eigenvalue weighted by molar-refractivity contribution is 5.77. The van der Waals surface area contributed by atoms with Crippen LogP contribution in [-0.4, -0.2) is 43.1 Å². The van der Waals surface area contributed by atoms with Gasteiger partial charge in [-0.2, -0.15) is 0 Å². The Balaban J connectivity index is 2.51. The first kappa shape index (κ1) is 17.5. The standard InChI is InChI=1S/C16H24O5/c1-16(11-17,15(19)21-3)14(18)6-4-5-12-7-9-13(20-2)10-8-12/h7-10,14,17-18H,4-6,11H2,1-3H3. The minimum absolute atomic E-state index is 0.415. The Morgan fingerprint density at radius 3 is 2.38 bits per heavy atom. The quantitative estimate of drug-likeness (QED) is 0.712. The summed E-state index contributed by atoms with van der Waals surface area (Å²) in [6.07, 6.45) is 0.968. The number of aliphatic hydroxyl groups is 2. The Hall–Kier alpha value is -1.59. The lowest BCUT2D eigenvalue weighted by Gasteiger charge is -2.29. The second-order valence-corrected chi connectivity index (χ2v) is 5.32. The Bertz CT molecular complexity index is 442. The highest BCUT2D eigenvalue weighted by Crippen LogP contribution is 2.26. The zero-order valence-electron chi connectivity index (χ0n) is 12.8. The first-order valence-corrected chi connectivity index (χ1v) is 6.98. The summed E-state index contributed by atoms with van der Waals surface area (Å²) in [5, 5.41) is 19.5. The molecule has 21 heavy (non-hydrogen) atoms. The minimum Gasteiger partial charge on any atom is -0.497 e. The molecule has 0 aliphatic rings. The van der Waals surface area contributed by atoms with Crippen molar-refractivity contribution in [3.05, 3.63) is 29.8 Å². The van der Waals surface area contributed by atoms with Gasteiger partial charge in [-0.15, -0.1) is 0 Å². The highest BCUT2D eigenvalue weighted by Gasteiger charge is 2.40. The molecule has 0 saturated carbocycles. The number of hydrogen-bond acceptors (Lipinski definition) is 5. The van der Waals surface area contributed by atoms with Gasteiger partial charge in [0.25, 0.3) is 0 Å². The summed E-state index contributed by atoms with van der Waals surface area (Å²) < 4.78 is 9.74. The molecule has 0 spiro atoms. The SMILES string of the molecule is COC(=O)C(C)(CO)C(O)CCCc1ccc(OC)cc1. The molecule has 0 radical (unpaired) electrons. The predicted octanol–water partition coefficient (Wildman–Crippen LogP) is 1.55. The van der Waals surface area contributed by atoms with E-state index in [-0.39, 0.29) is 0 Å². The number of esters is 1. The van der Waals surface area contributed by atoms with Gasteiger partial charge >= 0.3 is 5.97 Å². The summed E-state index contributed by atoms with van der Waals surface area (Å²) in [7, 11) is 2.87. The van der Waals surface area contributed by atoms with Gasteiger partial charge in [0.05, 0.1) is 26.9 Å². The molecule has 5 nitrogen and oxygen atoms in total. The summed E-state index contributed by atoms with van der Waals surface area (Å²) in [6.45, 7) is 1.07. The maximum absolute atomic E-state index is 11.7. The van der Waals surface area contributed by atoms with E-state index in [0.717, 1.165) is 17.7 Å². The van der Waals surface area contributed by atoms with Gasteiger partial charge in [0.1, 0.15) is 11.2 Å². The average molecular weight is 296 g/mol. The number of benzene rings is 1. The highest BCUT2D eigenvalue weighted by atomic mass is 16.5. The van der Waals surface area contributed by atoms with E-state index >= 15 is 0 Å². The Morgan fingerprint density at radius 1 is 1.29 bits per heavy atom. The zero-order valence-corrected chi connectivity index (χ0v) is 12.8. The lowest BCUT2D eigenvalue weighted by molar-refractivity contribution is -0.162. The van der Waals surface area contributed by atoms with E-state index in [1.807, 2.05) is 24.3 Å². The molecule has 2 N–H and O–H groups in total. The van der Waals surface area contributed by atoms with Crippen molar-refractivity contribution in [3.63, 3.8) is 0 Å². The molecule has 0 fully saturated rings. The third kappa shape index (κ3) is 4.44. The molecule has 1 aromatic carbocycles. The molecular weight excluding hydrogens is 272 g/mol. The van der Waals surface area contributed by atoms with Crippen LogP contribution in [0.4, 0.5) is 0 Å². The maximum atomic E-state index is 11.7. The molecule has 5 heteroatoms. The van der Waals surface area contributed by atoms with Crippen LogP contribution in [0.25, 0.3) is 0 Å². The van der Waals surface area contributed by atoms with Crippen LogP contribution in [0.15, 0.2) is 24.3 Å².